The van der Waals surface area contributed by atoms with Crippen molar-refractivity contribution >= 4 is 11.5 Å². The Morgan fingerprint density at radius 3 is 2.62 bits per heavy atom. The van der Waals surface area contributed by atoms with Crippen molar-refractivity contribution in [3.05, 3.63) is 20.8 Å². The quantitative estimate of drug-likeness (QED) is 0.591. The summed E-state index contributed by atoms with van der Waals surface area (Å²) in [5.41, 5.74) is 5.08. The number of H-pyrrole nitrogens is 1. The first-order chi connectivity index (χ1) is 10.0. The van der Waals surface area contributed by atoms with Gasteiger partial charge in [-0.15, -0.1) is 0 Å². The molecule has 0 radical (unpaired) electrons. The molecule has 0 spiro atoms. The number of methoxy groups -OCH3 is 2. The Morgan fingerprint density at radius 1 is 1.33 bits per heavy atom. The summed E-state index contributed by atoms with van der Waals surface area (Å²) in [6.45, 7) is 3.09. The molecule has 1 aromatic rings. The van der Waals surface area contributed by atoms with Gasteiger partial charge in [0.15, 0.2) is 0 Å². The highest BCUT2D eigenvalue weighted by molar-refractivity contribution is 5.60. The molecule has 1 unspecified atom stereocenters. The normalized spacial score (nSPS) is 12.3. The van der Waals surface area contributed by atoms with Crippen LogP contribution < -0.4 is 22.3 Å². The maximum absolute atomic E-state index is 11.9. The van der Waals surface area contributed by atoms with Gasteiger partial charge in [-0.3, -0.25) is 14.3 Å². The highest BCUT2D eigenvalue weighted by Crippen LogP contribution is 2.13. The van der Waals surface area contributed by atoms with Crippen molar-refractivity contribution < 1.29 is 9.47 Å². The number of rotatable bonds is 9. The smallest absolute Gasteiger partial charge is 0.330 e. The van der Waals surface area contributed by atoms with Crippen LogP contribution >= 0.6 is 0 Å². The summed E-state index contributed by atoms with van der Waals surface area (Å²) in [5.74, 6) is 0.109. The van der Waals surface area contributed by atoms with E-state index >= 15 is 0 Å². The van der Waals surface area contributed by atoms with Crippen LogP contribution in [0.15, 0.2) is 9.59 Å². The van der Waals surface area contributed by atoms with Gasteiger partial charge >= 0.3 is 5.69 Å². The lowest BCUT2D eigenvalue weighted by Crippen LogP contribution is -2.37. The van der Waals surface area contributed by atoms with E-state index in [4.69, 9.17) is 15.2 Å². The van der Waals surface area contributed by atoms with Gasteiger partial charge in [-0.05, 0) is 6.42 Å². The van der Waals surface area contributed by atoms with Crippen LogP contribution in [0.25, 0.3) is 0 Å². The second kappa shape index (κ2) is 8.48. The summed E-state index contributed by atoms with van der Waals surface area (Å²) < 4.78 is 11.3. The number of nitrogens with one attached hydrogen (secondary N) is 2. The number of hydrogen-bond donors (Lipinski definition) is 3. The molecule has 0 aliphatic carbocycles. The Labute approximate surface area is 123 Å². The van der Waals surface area contributed by atoms with Gasteiger partial charge in [-0.2, -0.15) is 0 Å². The topological polar surface area (TPSA) is 111 Å². The first-order valence-electron chi connectivity index (χ1n) is 6.92. The molecule has 0 amide bonds. The zero-order chi connectivity index (χ0) is 15.8. The third kappa shape index (κ3) is 4.61. The lowest BCUT2D eigenvalue weighted by atomic mass is 10.2. The molecular formula is C13H24N4O4. The largest absolute Gasteiger partial charge is 0.383 e. The fraction of sp³-hybridized carbons (Fsp3) is 0.692. The lowest BCUT2D eigenvalue weighted by molar-refractivity contribution is 0.182. The molecule has 0 aromatic carbocycles. The SMILES string of the molecule is CCCC(COC)Nc1c(N)n(CCOC)c(=O)[nH]c1=O. The molecular weight excluding hydrogens is 276 g/mol. The Balaban J connectivity index is 3.10. The molecule has 1 aromatic heterocycles. The van der Waals surface area contributed by atoms with E-state index in [9.17, 15) is 9.59 Å². The van der Waals surface area contributed by atoms with Crippen molar-refractivity contribution in [3.63, 3.8) is 0 Å². The molecule has 0 saturated heterocycles. The molecule has 21 heavy (non-hydrogen) atoms. The van der Waals surface area contributed by atoms with Gasteiger partial charge in [-0.1, -0.05) is 13.3 Å². The van der Waals surface area contributed by atoms with Gasteiger partial charge in [0.1, 0.15) is 11.5 Å². The van der Waals surface area contributed by atoms with Crippen molar-refractivity contribution in [1.29, 1.82) is 0 Å². The first-order valence-corrected chi connectivity index (χ1v) is 6.92. The van der Waals surface area contributed by atoms with Crippen LogP contribution in [0.5, 0.6) is 0 Å². The van der Waals surface area contributed by atoms with Gasteiger partial charge in [0.05, 0.1) is 19.8 Å². The zero-order valence-corrected chi connectivity index (χ0v) is 12.8. The van der Waals surface area contributed by atoms with E-state index < -0.39 is 11.2 Å². The van der Waals surface area contributed by atoms with Crippen molar-refractivity contribution in [2.45, 2.75) is 32.4 Å². The average molecular weight is 300 g/mol. The maximum atomic E-state index is 11.9. The van der Waals surface area contributed by atoms with E-state index in [0.717, 1.165) is 12.8 Å². The molecule has 0 aliphatic rings. The third-order valence-electron chi connectivity index (χ3n) is 3.11. The Hall–Kier alpha value is -1.80. The summed E-state index contributed by atoms with van der Waals surface area (Å²) in [6, 6.07) is -0.0447. The predicted molar refractivity (Wildman–Crippen MR) is 81.8 cm³/mol. The minimum Gasteiger partial charge on any atom is -0.383 e. The summed E-state index contributed by atoms with van der Waals surface area (Å²) in [5, 5.41) is 3.07. The number of aromatic amines is 1. The third-order valence-corrected chi connectivity index (χ3v) is 3.11. The standard InChI is InChI=1S/C13H24N4O4/c1-4-5-9(8-21-3)15-10-11(14)17(6-7-20-2)13(19)16-12(10)18/h9,15H,4-8,14H2,1-3H3,(H,16,18,19). The first kappa shape index (κ1) is 17.3. The Kier molecular flexibility index (Phi) is 6.97. The van der Waals surface area contributed by atoms with Gasteiger partial charge in [0, 0.05) is 20.3 Å². The fourth-order valence-corrected chi connectivity index (χ4v) is 2.08. The summed E-state index contributed by atoms with van der Waals surface area (Å²) in [6.07, 6.45) is 1.76. The Bertz CT molecular complexity index is 546. The number of nitrogens with zero attached hydrogens (tertiary/aromatic N) is 1. The van der Waals surface area contributed by atoms with Crippen molar-refractivity contribution in [1.82, 2.24) is 9.55 Å². The van der Waals surface area contributed by atoms with Gasteiger partial charge in [0.25, 0.3) is 5.56 Å². The lowest BCUT2D eigenvalue weighted by Gasteiger charge is -2.20. The molecule has 0 aliphatic heterocycles. The van der Waals surface area contributed by atoms with E-state index in [2.05, 4.69) is 10.3 Å². The van der Waals surface area contributed by atoms with Gasteiger partial charge in [-0.25, -0.2) is 4.79 Å². The summed E-state index contributed by atoms with van der Waals surface area (Å²) in [7, 11) is 3.12. The minimum absolute atomic E-state index is 0.0447. The van der Waals surface area contributed by atoms with E-state index in [1.165, 1.54) is 11.7 Å². The monoisotopic (exact) mass is 300 g/mol. The van der Waals surface area contributed by atoms with Crippen LogP contribution in [0.3, 0.4) is 0 Å². The van der Waals surface area contributed by atoms with E-state index in [-0.39, 0.29) is 24.1 Å². The zero-order valence-electron chi connectivity index (χ0n) is 12.8. The number of hydrogen-bond acceptors (Lipinski definition) is 6. The predicted octanol–water partition coefficient (Wildman–Crippen LogP) is -0.00780. The van der Waals surface area contributed by atoms with Crippen molar-refractivity contribution in [3.8, 4) is 0 Å². The van der Waals surface area contributed by atoms with E-state index in [0.29, 0.717) is 13.2 Å². The van der Waals surface area contributed by atoms with Crippen LogP contribution in [0.1, 0.15) is 19.8 Å². The van der Waals surface area contributed by atoms with Crippen LogP contribution in [0.2, 0.25) is 0 Å². The number of nitrogen functional groups attached to an aromatic ring is 1. The van der Waals surface area contributed by atoms with E-state index in [1.54, 1.807) is 7.11 Å². The highest BCUT2D eigenvalue weighted by atomic mass is 16.5. The summed E-state index contributed by atoms with van der Waals surface area (Å²) in [4.78, 5) is 26.0. The summed E-state index contributed by atoms with van der Waals surface area (Å²) >= 11 is 0. The number of aromatic nitrogens is 2. The van der Waals surface area contributed by atoms with Gasteiger partial charge < -0.3 is 20.5 Å². The number of anilines is 2. The molecule has 0 bridgehead atoms. The molecule has 8 nitrogen and oxygen atoms in total. The van der Waals surface area contributed by atoms with Crippen LogP contribution in [-0.2, 0) is 16.0 Å². The molecule has 1 atom stereocenters. The Morgan fingerprint density at radius 2 is 2.05 bits per heavy atom. The highest BCUT2D eigenvalue weighted by Gasteiger charge is 2.16. The van der Waals surface area contributed by atoms with E-state index in [1.807, 2.05) is 6.92 Å². The fourth-order valence-electron chi connectivity index (χ4n) is 2.08. The molecule has 1 rings (SSSR count). The average Bonchev–Trinajstić information content (AvgIpc) is 2.43. The maximum Gasteiger partial charge on any atom is 0.330 e. The van der Waals surface area contributed by atoms with Crippen LogP contribution in [0.4, 0.5) is 11.5 Å². The molecule has 8 heteroatoms. The number of nitrogens with two attached hydrogens (primary N) is 1. The van der Waals surface area contributed by atoms with Crippen LogP contribution in [-0.4, -0.2) is 43.0 Å². The molecule has 120 valence electrons. The van der Waals surface area contributed by atoms with Gasteiger partial charge in [0.2, 0.25) is 0 Å². The molecule has 0 fully saturated rings. The second-order valence-corrected chi connectivity index (χ2v) is 4.75. The molecule has 4 N–H and O–H groups in total. The van der Waals surface area contributed by atoms with Crippen molar-refractivity contribution in [2.75, 3.05) is 38.5 Å². The molecule has 0 saturated carbocycles. The molecule has 1 heterocycles. The second-order valence-electron chi connectivity index (χ2n) is 4.75. The number of ether oxygens (including phenoxy) is 2. The van der Waals surface area contributed by atoms with Crippen LogP contribution in [0, 0.1) is 0 Å². The minimum atomic E-state index is -0.543. The van der Waals surface area contributed by atoms with Crippen molar-refractivity contribution in [2.24, 2.45) is 0 Å².